The summed E-state index contributed by atoms with van der Waals surface area (Å²) >= 11 is 0. The first-order chi connectivity index (χ1) is 11.3. The zero-order valence-corrected chi connectivity index (χ0v) is 14.2. The number of hydrogen-bond donors (Lipinski definition) is 2. The van der Waals surface area contributed by atoms with Gasteiger partial charge in [0, 0.05) is 12.1 Å². The van der Waals surface area contributed by atoms with Crippen molar-refractivity contribution in [2.24, 2.45) is 5.14 Å². The van der Waals surface area contributed by atoms with Crippen LogP contribution in [-0.4, -0.2) is 14.3 Å². The SMILES string of the molecule is Cc1ccc(/C=C/CC(=O)Nc2cccc(CS(N)(=O)=O)c2)cc1. The summed E-state index contributed by atoms with van der Waals surface area (Å²) in [6, 6.07) is 14.6. The van der Waals surface area contributed by atoms with Crippen molar-refractivity contribution in [1.82, 2.24) is 0 Å². The maximum atomic E-state index is 11.9. The average Bonchev–Trinajstić information content (AvgIpc) is 2.48. The third kappa shape index (κ3) is 6.36. The molecule has 6 heteroatoms. The van der Waals surface area contributed by atoms with Crippen LogP contribution in [0.25, 0.3) is 6.08 Å². The summed E-state index contributed by atoms with van der Waals surface area (Å²) < 4.78 is 22.2. The fourth-order valence-corrected chi connectivity index (χ4v) is 2.81. The maximum absolute atomic E-state index is 11.9. The second kappa shape index (κ2) is 7.90. The van der Waals surface area contributed by atoms with Crippen LogP contribution >= 0.6 is 0 Å². The maximum Gasteiger partial charge on any atom is 0.228 e. The van der Waals surface area contributed by atoms with Crippen molar-refractivity contribution in [3.63, 3.8) is 0 Å². The van der Waals surface area contributed by atoms with E-state index in [2.05, 4.69) is 5.32 Å². The molecule has 0 aliphatic carbocycles. The number of sulfonamides is 1. The van der Waals surface area contributed by atoms with Crippen LogP contribution in [0.2, 0.25) is 0 Å². The Labute approximate surface area is 142 Å². The highest BCUT2D eigenvalue weighted by molar-refractivity contribution is 7.88. The molecule has 126 valence electrons. The van der Waals surface area contributed by atoms with Gasteiger partial charge in [-0.15, -0.1) is 0 Å². The molecule has 0 spiro atoms. The Bertz CT molecular complexity index is 841. The van der Waals surface area contributed by atoms with E-state index in [1.165, 1.54) is 5.56 Å². The van der Waals surface area contributed by atoms with Gasteiger partial charge in [-0.25, -0.2) is 13.6 Å². The molecule has 0 unspecified atom stereocenters. The van der Waals surface area contributed by atoms with Gasteiger partial charge in [-0.2, -0.15) is 0 Å². The van der Waals surface area contributed by atoms with Crippen molar-refractivity contribution in [2.45, 2.75) is 19.1 Å². The highest BCUT2D eigenvalue weighted by Crippen LogP contribution is 2.13. The summed E-state index contributed by atoms with van der Waals surface area (Å²) in [4.78, 5) is 11.9. The van der Waals surface area contributed by atoms with Crippen LogP contribution < -0.4 is 10.5 Å². The Kier molecular flexibility index (Phi) is 5.89. The Balaban J connectivity index is 1.92. The van der Waals surface area contributed by atoms with Gasteiger partial charge in [-0.1, -0.05) is 54.1 Å². The monoisotopic (exact) mass is 344 g/mol. The van der Waals surface area contributed by atoms with Crippen LogP contribution in [-0.2, 0) is 20.6 Å². The first-order valence-corrected chi connectivity index (χ1v) is 9.16. The zero-order chi connectivity index (χ0) is 17.6. The Hall–Kier alpha value is -2.44. The lowest BCUT2D eigenvalue weighted by Crippen LogP contribution is -2.15. The fourth-order valence-electron chi connectivity index (χ4n) is 2.16. The van der Waals surface area contributed by atoms with E-state index in [-0.39, 0.29) is 18.1 Å². The molecule has 0 aliphatic heterocycles. The van der Waals surface area contributed by atoms with Crippen LogP contribution in [0, 0.1) is 6.92 Å². The molecule has 2 rings (SSSR count). The van der Waals surface area contributed by atoms with Gasteiger partial charge < -0.3 is 5.32 Å². The fraction of sp³-hybridized carbons (Fsp3) is 0.167. The van der Waals surface area contributed by atoms with Crippen molar-refractivity contribution >= 4 is 27.7 Å². The van der Waals surface area contributed by atoms with Crippen molar-refractivity contribution in [3.8, 4) is 0 Å². The molecule has 1 amide bonds. The average molecular weight is 344 g/mol. The van der Waals surface area contributed by atoms with Crippen LogP contribution in [0.15, 0.2) is 54.6 Å². The topological polar surface area (TPSA) is 89.3 Å². The van der Waals surface area contributed by atoms with Gasteiger partial charge >= 0.3 is 0 Å². The molecule has 3 N–H and O–H groups in total. The van der Waals surface area contributed by atoms with Gasteiger partial charge in [0.1, 0.15) is 0 Å². The molecule has 0 bridgehead atoms. The molecular formula is C18H20N2O3S. The first-order valence-electron chi connectivity index (χ1n) is 7.44. The number of benzene rings is 2. The smallest absolute Gasteiger partial charge is 0.228 e. The second-order valence-electron chi connectivity index (χ2n) is 5.57. The van der Waals surface area contributed by atoms with E-state index in [0.717, 1.165) is 5.56 Å². The molecule has 0 aromatic heterocycles. The summed E-state index contributed by atoms with van der Waals surface area (Å²) in [5.41, 5.74) is 3.29. The van der Waals surface area contributed by atoms with Crippen LogP contribution in [0.1, 0.15) is 23.1 Å². The molecule has 0 saturated heterocycles. The Morgan fingerprint density at radius 3 is 2.54 bits per heavy atom. The zero-order valence-electron chi connectivity index (χ0n) is 13.4. The summed E-state index contributed by atoms with van der Waals surface area (Å²) in [5, 5.41) is 7.76. The minimum atomic E-state index is -3.59. The van der Waals surface area contributed by atoms with E-state index >= 15 is 0 Å². The molecule has 24 heavy (non-hydrogen) atoms. The lowest BCUT2D eigenvalue weighted by atomic mass is 10.1. The molecule has 0 heterocycles. The molecule has 0 fully saturated rings. The summed E-state index contributed by atoms with van der Waals surface area (Å²) in [5.74, 6) is -0.435. The highest BCUT2D eigenvalue weighted by atomic mass is 32.2. The van der Waals surface area contributed by atoms with E-state index in [1.807, 2.05) is 37.3 Å². The van der Waals surface area contributed by atoms with Gasteiger partial charge in [-0.3, -0.25) is 4.79 Å². The number of carbonyl (C=O) groups is 1. The molecule has 2 aromatic carbocycles. The largest absolute Gasteiger partial charge is 0.326 e. The normalized spacial score (nSPS) is 11.6. The predicted molar refractivity (Wildman–Crippen MR) is 96.7 cm³/mol. The van der Waals surface area contributed by atoms with Crippen molar-refractivity contribution in [1.29, 1.82) is 0 Å². The Morgan fingerprint density at radius 2 is 1.88 bits per heavy atom. The lowest BCUT2D eigenvalue weighted by molar-refractivity contribution is -0.115. The van der Waals surface area contributed by atoms with E-state index < -0.39 is 10.0 Å². The number of amides is 1. The quantitative estimate of drug-likeness (QED) is 0.844. The van der Waals surface area contributed by atoms with Crippen molar-refractivity contribution < 1.29 is 13.2 Å². The van der Waals surface area contributed by atoms with Gasteiger partial charge in [0.25, 0.3) is 0 Å². The number of aryl methyl sites for hydroxylation is 1. The van der Waals surface area contributed by atoms with E-state index in [4.69, 9.17) is 5.14 Å². The standard InChI is InChI=1S/C18H20N2O3S/c1-14-8-10-15(11-9-14)4-3-7-18(21)20-17-6-2-5-16(12-17)13-24(19,22)23/h2-6,8-12H,7,13H2,1H3,(H,20,21)(H2,19,22,23)/b4-3+. The summed E-state index contributed by atoms with van der Waals surface area (Å²) in [7, 11) is -3.59. The third-order valence-corrected chi connectivity index (χ3v) is 4.01. The van der Waals surface area contributed by atoms with Crippen molar-refractivity contribution in [3.05, 3.63) is 71.3 Å². The highest BCUT2D eigenvalue weighted by Gasteiger charge is 2.06. The molecule has 0 radical (unpaired) electrons. The number of primary sulfonamides is 1. The van der Waals surface area contributed by atoms with E-state index in [9.17, 15) is 13.2 Å². The predicted octanol–water partition coefficient (Wildman–Crippen LogP) is 2.83. The summed E-state index contributed by atoms with van der Waals surface area (Å²) in [6.45, 7) is 2.02. The molecule has 0 atom stereocenters. The van der Waals surface area contributed by atoms with Gasteiger partial charge in [0.2, 0.25) is 15.9 Å². The number of rotatable bonds is 6. The third-order valence-electron chi connectivity index (χ3n) is 3.27. The minimum absolute atomic E-state index is 0.175. The van der Waals surface area contributed by atoms with E-state index in [1.54, 1.807) is 30.3 Å². The molecule has 0 saturated carbocycles. The van der Waals surface area contributed by atoms with Crippen LogP contribution in [0.4, 0.5) is 5.69 Å². The van der Waals surface area contributed by atoms with Gasteiger partial charge in [-0.05, 0) is 30.2 Å². The number of nitrogens with one attached hydrogen (secondary N) is 1. The lowest BCUT2D eigenvalue weighted by Gasteiger charge is -2.06. The molecule has 0 aliphatic rings. The molecule has 2 aromatic rings. The number of hydrogen-bond acceptors (Lipinski definition) is 3. The van der Waals surface area contributed by atoms with Gasteiger partial charge in [0.15, 0.2) is 0 Å². The molecule has 5 nitrogen and oxygen atoms in total. The summed E-state index contributed by atoms with van der Waals surface area (Å²) in [6.07, 6.45) is 3.90. The Morgan fingerprint density at radius 1 is 1.17 bits per heavy atom. The minimum Gasteiger partial charge on any atom is -0.326 e. The van der Waals surface area contributed by atoms with Crippen molar-refractivity contribution in [2.75, 3.05) is 5.32 Å². The number of anilines is 1. The number of carbonyl (C=O) groups excluding carboxylic acids is 1. The van der Waals surface area contributed by atoms with Crippen LogP contribution in [0.3, 0.4) is 0 Å². The first kappa shape index (κ1) is 17.9. The molecular weight excluding hydrogens is 324 g/mol. The second-order valence-corrected chi connectivity index (χ2v) is 7.19. The van der Waals surface area contributed by atoms with Crippen LogP contribution in [0.5, 0.6) is 0 Å². The van der Waals surface area contributed by atoms with Gasteiger partial charge in [0.05, 0.1) is 5.75 Å². The number of nitrogens with two attached hydrogens (primary N) is 1. The van der Waals surface area contributed by atoms with E-state index in [0.29, 0.717) is 11.3 Å².